The second kappa shape index (κ2) is 14.0. The topological polar surface area (TPSA) is 127 Å². The third-order valence-electron chi connectivity index (χ3n) is 10.0. The largest absolute Gasteiger partial charge is 0.458 e. The predicted molar refractivity (Wildman–Crippen MR) is 179 cm³/mol. The Morgan fingerprint density at radius 3 is 2.09 bits per heavy atom. The smallest absolute Gasteiger partial charge is 0.335 e. The van der Waals surface area contributed by atoms with Crippen molar-refractivity contribution in [2.24, 2.45) is 0 Å². The highest BCUT2D eigenvalue weighted by Gasteiger charge is 2.72. The maximum Gasteiger partial charge on any atom is 0.335 e. The van der Waals surface area contributed by atoms with Crippen molar-refractivity contribution >= 4 is 21.6 Å². The summed E-state index contributed by atoms with van der Waals surface area (Å²) in [4.78, 5) is 39.4. The van der Waals surface area contributed by atoms with Crippen molar-refractivity contribution in [1.29, 1.82) is 0 Å². The summed E-state index contributed by atoms with van der Waals surface area (Å²) in [7, 11) is -5.46. The molecule has 2 aromatic rings. The second-order valence-electron chi connectivity index (χ2n) is 13.9. The van der Waals surface area contributed by atoms with Crippen molar-refractivity contribution in [2.75, 3.05) is 6.61 Å². The zero-order valence-electron chi connectivity index (χ0n) is 28.9. The SMILES string of the molecule is CC(=O)OC(C)[C@@]1(n2ccc(=O)n(COCc3ccccc3)c2=O)O[C@@H]2CO[Si](C(C)C)(C(C)C)[Si](C(C)C)(C(C)C)O[C@H]2[C@@H]1O. The van der Waals surface area contributed by atoms with Gasteiger partial charge in [-0.3, -0.25) is 14.2 Å². The minimum absolute atomic E-state index is 0.154. The third-order valence-corrected chi connectivity index (χ3v) is 30.8. The molecule has 256 valence electrons. The summed E-state index contributed by atoms with van der Waals surface area (Å²) in [6.45, 7) is 20.5. The van der Waals surface area contributed by atoms with E-state index < -0.39 is 63.0 Å². The molecule has 0 spiro atoms. The van der Waals surface area contributed by atoms with Gasteiger partial charge in [-0.05, 0) is 34.7 Å². The molecule has 1 N–H and O–H groups in total. The van der Waals surface area contributed by atoms with Gasteiger partial charge in [-0.1, -0.05) is 85.7 Å². The van der Waals surface area contributed by atoms with Crippen molar-refractivity contribution < 1.29 is 33.0 Å². The molecule has 1 unspecified atom stereocenters. The molecule has 13 heteroatoms. The lowest BCUT2D eigenvalue weighted by Crippen LogP contribution is -2.73. The van der Waals surface area contributed by atoms with Gasteiger partial charge in [0.1, 0.15) is 31.1 Å². The molecule has 0 saturated carbocycles. The predicted octanol–water partition coefficient (Wildman–Crippen LogP) is 4.57. The van der Waals surface area contributed by atoms with Gasteiger partial charge in [0.05, 0.1) is 13.2 Å². The van der Waals surface area contributed by atoms with E-state index in [0.29, 0.717) is 0 Å². The maximum atomic E-state index is 14.1. The van der Waals surface area contributed by atoms with E-state index in [-0.39, 0.29) is 42.1 Å². The van der Waals surface area contributed by atoms with Crippen LogP contribution in [-0.2, 0) is 46.9 Å². The highest BCUT2D eigenvalue weighted by Crippen LogP contribution is 2.55. The van der Waals surface area contributed by atoms with Crippen LogP contribution in [0.1, 0.15) is 74.8 Å². The molecule has 2 fully saturated rings. The van der Waals surface area contributed by atoms with E-state index >= 15 is 0 Å². The van der Waals surface area contributed by atoms with E-state index in [0.717, 1.165) is 14.7 Å². The number of rotatable bonds is 11. The summed E-state index contributed by atoms with van der Waals surface area (Å²) in [6, 6.07) is 10.6. The first kappa shape index (κ1) is 36.4. The van der Waals surface area contributed by atoms with Gasteiger partial charge in [-0.2, -0.15) is 0 Å². The molecule has 3 heterocycles. The number of esters is 1. The van der Waals surface area contributed by atoms with Crippen molar-refractivity contribution in [3.63, 3.8) is 0 Å². The molecule has 46 heavy (non-hydrogen) atoms. The van der Waals surface area contributed by atoms with E-state index in [1.807, 2.05) is 30.3 Å². The molecule has 0 radical (unpaired) electrons. The van der Waals surface area contributed by atoms with E-state index in [1.165, 1.54) is 19.2 Å². The van der Waals surface area contributed by atoms with Gasteiger partial charge < -0.3 is 28.2 Å². The van der Waals surface area contributed by atoms with Crippen LogP contribution in [0.4, 0.5) is 0 Å². The van der Waals surface area contributed by atoms with Gasteiger partial charge >= 0.3 is 11.7 Å². The van der Waals surface area contributed by atoms with Crippen molar-refractivity contribution in [3.05, 3.63) is 69.0 Å². The van der Waals surface area contributed by atoms with Crippen LogP contribution in [0.5, 0.6) is 0 Å². The van der Waals surface area contributed by atoms with Crippen LogP contribution in [0.25, 0.3) is 0 Å². The Kier molecular flexibility index (Phi) is 11.1. The number of fused-ring (bicyclic) bond motifs is 1. The Balaban J connectivity index is 1.84. The van der Waals surface area contributed by atoms with Gasteiger partial charge in [0, 0.05) is 19.2 Å². The zero-order valence-corrected chi connectivity index (χ0v) is 30.9. The summed E-state index contributed by atoms with van der Waals surface area (Å²) in [5.74, 6) is -0.612. The molecule has 0 aliphatic carbocycles. The van der Waals surface area contributed by atoms with Gasteiger partial charge in [-0.15, -0.1) is 0 Å². The molecule has 2 aliphatic rings. The van der Waals surface area contributed by atoms with Crippen LogP contribution in [0.15, 0.2) is 52.2 Å². The summed E-state index contributed by atoms with van der Waals surface area (Å²) in [6.07, 6.45) is -2.95. The third kappa shape index (κ3) is 5.92. The number of hydrogen-bond donors (Lipinski definition) is 1. The van der Waals surface area contributed by atoms with E-state index in [2.05, 4.69) is 55.4 Å². The number of nitrogens with zero attached hydrogens (tertiary/aromatic N) is 2. The number of aromatic nitrogens is 2. The van der Waals surface area contributed by atoms with Gasteiger partial charge in [0.15, 0.2) is 0 Å². The molecule has 0 amide bonds. The molecular weight excluding hydrogens is 625 g/mol. The van der Waals surface area contributed by atoms with Gasteiger partial charge in [-0.25, -0.2) is 9.36 Å². The Morgan fingerprint density at radius 1 is 0.957 bits per heavy atom. The van der Waals surface area contributed by atoms with Crippen molar-refractivity contribution in [2.45, 2.75) is 135 Å². The molecule has 4 rings (SSSR count). The fourth-order valence-electron chi connectivity index (χ4n) is 8.28. The van der Waals surface area contributed by atoms with E-state index in [1.54, 1.807) is 6.92 Å². The summed E-state index contributed by atoms with van der Waals surface area (Å²) in [5, 5.41) is 12.4. The minimum atomic E-state index is -2.83. The van der Waals surface area contributed by atoms with Crippen molar-refractivity contribution in [1.82, 2.24) is 9.13 Å². The maximum absolute atomic E-state index is 14.1. The number of carbonyl (C=O) groups is 1. The number of carbonyl (C=O) groups excluding carboxylic acids is 1. The normalized spacial score (nSPS) is 26.4. The molecule has 2 saturated heterocycles. The fourth-order valence-corrected chi connectivity index (χ4v) is 30.1. The van der Waals surface area contributed by atoms with Crippen LogP contribution in [-0.4, -0.2) is 66.9 Å². The number of hydrogen-bond acceptors (Lipinski definition) is 9. The lowest BCUT2D eigenvalue weighted by atomic mass is 9.97. The second-order valence-corrected chi connectivity index (χ2v) is 26.9. The molecular formula is C33H52N2O9Si2. The Hall–Kier alpha value is -2.40. The number of ether oxygens (including phenoxy) is 3. The lowest BCUT2D eigenvalue weighted by molar-refractivity contribution is -0.218. The van der Waals surface area contributed by atoms with Gasteiger partial charge in [0.2, 0.25) is 21.4 Å². The van der Waals surface area contributed by atoms with Crippen LogP contribution in [0, 0.1) is 0 Å². The number of aliphatic hydroxyl groups excluding tert-OH is 1. The zero-order chi connectivity index (χ0) is 34.2. The molecule has 5 atom stereocenters. The highest BCUT2D eigenvalue weighted by molar-refractivity contribution is 7.39. The van der Waals surface area contributed by atoms with E-state index in [9.17, 15) is 19.5 Å². The molecule has 1 aromatic carbocycles. The first-order chi connectivity index (χ1) is 21.6. The summed E-state index contributed by atoms with van der Waals surface area (Å²) in [5.41, 5.74) is -1.60. The standard InChI is InChI=1S/C33H52N2O9Si2/c1-21(2)45(22(3)4)41-19-28-30(44-46(45,23(5)6)24(7)8)31(38)33(43-28,25(9)42-26(10)36)35-17-16-29(37)34(32(35)39)20-40-18-27-14-12-11-13-15-27/h11-17,21-25,28,30-31,38H,18-20H2,1-10H3/t25?,28-,30-,31+,33-/m1/s1. The van der Waals surface area contributed by atoms with Gasteiger partial charge in [0.25, 0.3) is 5.56 Å². The van der Waals surface area contributed by atoms with Crippen LogP contribution in [0.2, 0.25) is 22.2 Å². The average Bonchev–Trinajstić information content (AvgIpc) is 3.14. The van der Waals surface area contributed by atoms with Crippen LogP contribution >= 0.6 is 0 Å². The Labute approximate surface area is 273 Å². The first-order valence-corrected chi connectivity index (χ1v) is 21.5. The Bertz CT molecular complexity index is 1460. The number of benzene rings is 1. The first-order valence-electron chi connectivity index (χ1n) is 16.4. The minimum Gasteiger partial charge on any atom is -0.458 e. The van der Waals surface area contributed by atoms with Crippen LogP contribution < -0.4 is 11.2 Å². The lowest BCUT2D eigenvalue weighted by Gasteiger charge is -2.55. The van der Waals surface area contributed by atoms with Crippen molar-refractivity contribution in [3.8, 4) is 0 Å². The molecule has 11 nitrogen and oxygen atoms in total. The highest BCUT2D eigenvalue weighted by atomic mass is 29.3. The number of aliphatic hydroxyl groups is 1. The quantitative estimate of drug-likeness (QED) is 0.269. The van der Waals surface area contributed by atoms with E-state index in [4.69, 9.17) is 23.1 Å². The fraction of sp³-hybridized carbons (Fsp3) is 0.667. The molecule has 1 aromatic heterocycles. The summed E-state index contributed by atoms with van der Waals surface area (Å²) >= 11 is 0. The molecule has 0 bridgehead atoms. The molecule has 2 aliphatic heterocycles. The Morgan fingerprint density at radius 2 is 1.54 bits per heavy atom. The van der Waals surface area contributed by atoms with Crippen LogP contribution in [0.3, 0.4) is 0 Å². The monoisotopic (exact) mass is 676 g/mol. The summed E-state index contributed by atoms with van der Waals surface area (Å²) < 4.78 is 34.7. The average molecular weight is 677 g/mol.